The Kier molecular flexibility index (Phi) is 8.30. The Hall–Kier alpha value is -3.10. The fraction of sp³-hybridized carbons (Fsp3) is 0.292. The largest absolute Gasteiger partial charge is 0.493 e. The Labute approximate surface area is 203 Å². The molecule has 7 nitrogen and oxygen atoms in total. The quantitative estimate of drug-likeness (QED) is 0.336. The molecule has 2 aromatic carbocycles. The van der Waals surface area contributed by atoms with Gasteiger partial charge in [-0.25, -0.2) is 9.97 Å². The zero-order valence-corrected chi connectivity index (χ0v) is 20.5. The number of aryl methyl sites for hydroxylation is 2. The number of imidazole rings is 1. The van der Waals surface area contributed by atoms with E-state index in [1.807, 2.05) is 54.1 Å². The fourth-order valence-corrected chi connectivity index (χ4v) is 4.69. The van der Waals surface area contributed by atoms with E-state index in [1.54, 1.807) is 43.0 Å². The number of halogens is 1. The van der Waals surface area contributed by atoms with Gasteiger partial charge in [0.2, 0.25) is 5.91 Å². The van der Waals surface area contributed by atoms with Crippen LogP contribution < -0.4 is 14.4 Å². The number of amides is 1. The van der Waals surface area contributed by atoms with E-state index in [4.69, 9.17) is 14.5 Å². The Bertz CT molecular complexity index is 1210. The van der Waals surface area contributed by atoms with Crippen LogP contribution in [0.5, 0.6) is 11.5 Å². The van der Waals surface area contributed by atoms with Crippen molar-refractivity contribution in [3.8, 4) is 11.5 Å². The van der Waals surface area contributed by atoms with Crippen molar-refractivity contribution in [3.05, 3.63) is 66.2 Å². The van der Waals surface area contributed by atoms with Crippen LogP contribution in [-0.2, 0) is 17.8 Å². The number of fused-ring (bicyclic) bond motifs is 1. The van der Waals surface area contributed by atoms with E-state index in [0.29, 0.717) is 18.0 Å². The normalized spacial score (nSPS) is 10.6. The monoisotopic (exact) mass is 486 g/mol. The first-order chi connectivity index (χ1) is 15.6. The molecule has 4 aromatic rings. The van der Waals surface area contributed by atoms with Crippen LogP contribution in [0.4, 0.5) is 5.13 Å². The van der Waals surface area contributed by atoms with E-state index in [2.05, 4.69) is 4.98 Å². The first-order valence-corrected chi connectivity index (χ1v) is 11.2. The fourth-order valence-electron chi connectivity index (χ4n) is 3.61. The molecule has 0 saturated heterocycles. The number of aromatic nitrogens is 3. The van der Waals surface area contributed by atoms with E-state index in [0.717, 1.165) is 39.4 Å². The molecule has 2 heterocycles. The highest BCUT2D eigenvalue weighted by atomic mass is 35.5. The molecule has 1 amide bonds. The summed E-state index contributed by atoms with van der Waals surface area (Å²) in [5, 5.41) is 0.727. The van der Waals surface area contributed by atoms with Gasteiger partial charge in [-0.3, -0.25) is 9.69 Å². The van der Waals surface area contributed by atoms with Gasteiger partial charge in [-0.15, -0.1) is 12.4 Å². The molecule has 0 atom stereocenters. The zero-order chi connectivity index (χ0) is 22.5. The summed E-state index contributed by atoms with van der Waals surface area (Å²) in [5.41, 5.74) is 2.92. The molecule has 2 aromatic heterocycles. The minimum atomic E-state index is -0.000407. The third-order valence-electron chi connectivity index (χ3n) is 5.30. The molecule has 4 rings (SSSR count). The van der Waals surface area contributed by atoms with Crippen molar-refractivity contribution in [3.63, 3.8) is 0 Å². The van der Waals surface area contributed by atoms with E-state index < -0.39 is 0 Å². The smallest absolute Gasteiger partial charge is 0.233 e. The Balaban J connectivity index is 0.00000306. The van der Waals surface area contributed by atoms with Crippen LogP contribution in [0.15, 0.2) is 55.1 Å². The Morgan fingerprint density at radius 1 is 1.15 bits per heavy atom. The molecular weight excluding hydrogens is 460 g/mol. The molecule has 33 heavy (non-hydrogen) atoms. The third-order valence-corrected chi connectivity index (χ3v) is 6.35. The minimum absolute atomic E-state index is 0. The molecule has 174 valence electrons. The second kappa shape index (κ2) is 11.2. The van der Waals surface area contributed by atoms with Crippen molar-refractivity contribution < 1.29 is 14.3 Å². The predicted molar refractivity (Wildman–Crippen MR) is 134 cm³/mol. The van der Waals surface area contributed by atoms with Crippen LogP contribution in [0.3, 0.4) is 0 Å². The highest BCUT2D eigenvalue weighted by molar-refractivity contribution is 7.22. The topological polar surface area (TPSA) is 69.5 Å². The Morgan fingerprint density at radius 3 is 2.67 bits per heavy atom. The predicted octanol–water partition coefficient (Wildman–Crippen LogP) is 4.91. The number of nitrogens with zero attached hydrogens (tertiary/aromatic N) is 4. The number of carbonyl (C=O) groups is 1. The van der Waals surface area contributed by atoms with Crippen molar-refractivity contribution in [1.29, 1.82) is 0 Å². The molecule has 0 aliphatic heterocycles. The summed E-state index contributed by atoms with van der Waals surface area (Å²) in [7, 11) is 3.19. The maximum atomic E-state index is 13.4. The molecule has 0 aliphatic rings. The van der Waals surface area contributed by atoms with Gasteiger partial charge in [0.25, 0.3) is 0 Å². The van der Waals surface area contributed by atoms with Crippen molar-refractivity contribution >= 4 is 45.0 Å². The highest BCUT2D eigenvalue weighted by Gasteiger charge is 2.21. The number of anilines is 1. The van der Waals surface area contributed by atoms with Gasteiger partial charge in [0.15, 0.2) is 16.6 Å². The summed E-state index contributed by atoms with van der Waals surface area (Å²) in [4.78, 5) is 24.1. The summed E-state index contributed by atoms with van der Waals surface area (Å²) < 4.78 is 13.8. The van der Waals surface area contributed by atoms with Gasteiger partial charge in [-0.2, -0.15) is 0 Å². The molecule has 0 saturated carbocycles. The first kappa shape index (κ1) is 24.5. The van der Waals surface area contributed by atoms with Gasteiger partial charge in [0.05, 0.1) is 37.2 Å². The second-order valence-corrected chi connectivity index (χ2v) is 8.49. The lowest BCUT2D eigenvalue weighted by molar-refractivity contribution is -0.118. The Morgan fingerprint density at radius 2 is 1.97 bits per heavy atom. The molecule has 0 bridgehead atoms. The SMILES string of the molecule is COc1ccc(CC(=O)N(CCCn2ccnc2)c2nc3c(C)cccc3s2)cc1OC.Cl. The molecule has 0 spiro atoms. The van der Waals surface area contributed by atoms with Crippen molar-refractivity contribution in [2.45, 2.75) is 26.3 Å². The average molecular weight is 487 g/mol. The summed E-state index contributed by atoms with van der Waals surface area (Å²) in [5.74, 6) is 1.25. The number of hydrogen-bond donors (Lipinski definition) is 0. The minimum Gasteiger partial charge on any atom is -0.493 e. The maximum Gasteiger partial charge on any atom is 0.233 e. The van der Waals surface area contributed by atoms with Gasteiger partial charge >= 0.3 is 0 Å². The number of para-hydroxylation sites is 1. The number of rotatable bonds is 9. The summed E-state index contributed by atoms with van der Waals surface area (Å²) in [6.45, 7) is 3.40. The van der Waals surface area contributed by atoms with Gasteiger partial charge in [0.1, 0.15) is 0 Å². The number of methoxy groups -OCH3 is 2. The lowest BCUT2D eigenvalue weighted by atomic mass is 10.1. The molecule has 0 fully saturated rings. The van der Waals surface area contributed by atoms with E-state index in [9.17, 15) is 4.79 Å². The number of carbonyl (C=O) groups excluding carboxylic acids is 1. The molecule has 0 aliphatic carbocycles. The van der Waals surface area contributed by atoms with Crippen LogP contribution in [0.25, 0.3) is 10.2 Å². The van der Waals surface area contributed by atoms with E-state index in [-0.39, 0.29) is 24.7 Å². The standard InChI is InChI=1S/C24H26N4O3S.ClH/c1-17-6-4-7-21-23(17)26-24(32-21)28(12-5-11-27-13-10-25-16-27)22(29)15-18-8-9-19(30-2)20(14-18)31-3;/h4,6-10,13-14,16H,5,11-12,15H2,1-3H3;1H. The lowest BCUT2D eigenvalue weighted by Gasteiger charge is -2.20. The molecular formula is C24H27ClN4O3S. The summed E-state index contributed by atoms with van der Waals surface area (Å²) in [6, 6.07) is 11.7. The van der Waals surface area contributed by atoms with E-state index in [1.165, 1.54) is 0 Å². The van der Waals surface area contributed by atoms with Crippen molar-refractivity contribution in [1.82, 2.24) is 14.5 Å². The number of ether oxygens (including phenoxy) is 2. The van der Waals surface area contributed by atoms with Crippen molar-refractivity contribution in [2.24, 2.45) is 0 Å². The molecule has 9 heteroatoms. The van der Waals surface area contributed by atoms with Crippen LogP contribution in [0.2, 0.25) is 0 Å². The molecule has 0 N–H and O–H groups in total. The van der Waals surface area contributed by atoms with Gasteiger partial charge in [-0.1, -0.05) is 29.5 Å². The van der Waals surface area contributed by atoms with Gasteiger partial charge in [-0.05, 0) is 42.7 Å². The van der Waals surface area contributed by atoms with Crippen LogP contribution in [0.1, 0.15) is 17.5 Å². The number of hydrogen-bond acceptors (Lipinski definition) is 6. The van der Waals surface area contributed by atoms with Crippen LogP contribution >= 0.6 is 23.7 Å². The number of benzene rings is 2. The van der Waals surface area contributed by atoms with E-state index >= 15 is 0 Å². The molecule has 0 unspecified atom stereocenters. The second-order valence-electron chi connectivity index (χ2n) is 7.48. The first-order valence-electron chi connectivity index (χ1n) is 10.4. The van der Waals surface area contributed by atoms with Crippen LogP contribution in [0, 0.1) is 6.92 Å². The summed E-state index contributed by atoms with van der Waals surface area (Å²) >= 11 is 1.55. The van der Waals surface area contributed by atoms with Crippen molar-refractivity contribution in [2.75, 3.05) is 25.7 Å². The number of thiazole rings is 1. The van der Waals surface area contributed by atoms with Gasteiger partial charge in [0, 0.05) is 25.5 Å². The highest BCUT2D eigenvalue weighted by Crippen LogP contribution is 2.32. The molecule has 0 radical (unpaired) electrons. The lowest BCUT2D eigenvalue weighted by Crippen LogP contribution is -2.33. The third kappa shape index (κ3) is 5.64. The van der Waals surface area contributed by atoms with Crippen LogP contribution in [-0.4, -0.2) is 41.2 Å². The van der Waals surface area contributed by atoms with Gasteiger partial charge < -0.3 is 14.0 Å². The zero-order valence-electron chi connectivity index (χ0n) is 18.9. The summed E-state index contributed by atoms with van der Waals surface area (Å²) in [6.07, 6.45) is 6.52. The maximum absolute atomic E-state index is 13.4. The average Bonchev–Trinajstić information content (AvgIpc) is 3.47.